The van der Waals surface area contributed by atoms with Gasteiger partial charge in [-0.1, -0.05) is 0 Å². The van der Waals surface area contributed by atoms with Gasteiger partial charge in [-0.25, -0.2) is 9.97 Å². The maximum absolute atomic E-state index is 4.62. The number of nitrogens with one attached hydrogen (secondary N) is 2. The van der Waals surface area contributed by atoms with Gasteiger partial charge in [0.2, 0.25) is 0 Å². The van der Waals surface area contributed by atoms with E-state index < -0.39 is 0 Å². The van der Waals surface area contributed by atoms with Crippen molar-refractivity contribution in [2.24, 2.45) is 0 Å². The highest BCUT2D eigenvalue weighted by molar-refractivity contribution is 5.75. The van der Waals surface area contributed by atoms with Crippen LogP contribution in [-0.4, -0.2) is 19.9 Å². The number of nitrogens with zero attached hydrogens (tertiary/aromatic N) is 2. The molecule has 0 saturated heterocycles. The van der Waals surface area contributed by atoms with E-state index in [2.05, 4.69) is 31.8 Å². The number of fused-ring (bicyclic) bond motifs is 8. The standard InChI is InChI=1S/C20H12N4/c1-2-14-10-16-5-6-18(23-16)12-20-8-7-19(24-20)11-17-4-3-15(22-17)9-13(1)21-14/h1-6,9-12,22-23H. The van der Waals surface area contributed by atoms with E-state index in [1.54, 1.807) is 0 Å². The number of rotatable bonds is 0. The van der Waals surface area contributed by atoms with Crippen LogP contribution >= 0.6 is 0 Å². The van der Waals surface area contributed by atoms with Crippen molar-refractivity contribution in [3.63, 3.8) is 0 Å². The van der Waals surface area contributed by atoms with Gasteiger partial charge in [-0.2, -0.15) is 0 Å². The highest BCUT2D eigenvalue weighted by Gasteiger charge is 2.00. The second-order valence-electron chi connectivity index (χ2n) is 5.74. The molecule has 2 N–H and O–H groups in total. The molecule has 0 unspecified atom stereocenters. The van der Waals surface area contributed by atoms with E-state index in [0.717, 1.165) is 44.8 Å². The number of hydrogen-bond acceptors (Lipinski definition) is 2. The summed E-state index contributed by atoms with van der Waals surface area (Å²) >= 11 is 0. The van der Waals surface area contributed by atoms with Gasteiger partial charge >= 0.3 is 0 Å². The number of aromatic amines is 2. The lowest BCUT2D eigenvalue weighted by Gasteiger charge is -1.85. The molecule has 2 aliphatic heterocycles. The Labute approximate surface area is 137 Å². The zero-order chi connectivity index (χ0) is 15.9. The summed E-state index contributed by atoms with van der Waals surface area (Å²) in [6.45, 7) is 0. The highest BCUT2D eigenvalue weighted by atomic mass is 14.8. The predicted molar refractivity (Wildman–Crippen MR) is 95.9 cm³/mol. The molecule has 8 bridgehead atoms. The summed E-state index contributed by atoms with van der Waals surface area (Å²) in [4.78, 5) is 15.8. The molecule has 0 atom stereocenters. The molecule has 0 radical (unpaired) electrons. The summed E-state index contributed by atoms with van der Waals surface area (Å²) in [6, 6.07) is 16.0. The first-order valence-corrected chi connectivity index (χ1v) is 7.69. The van der Waals surface area contributed by atoms with Crippen molar-refractivity contribution in [2.75, 3.05) is 0 Å². The van der Waals surface area contributed by atoms with E-state index in [-0.39, 0.29) is 0 Å². The van der Waals surface area contributed by atoms with Gasteiger partial charge in [-0.3, -0.25) is 0 Å². The molecule has 0 aliphatic carbocycles. The molecule has 5 rings (SSSR count). The first-order valence-electron chi connectivity index (χ1n) is 7.69. The number of H-pyrrole nitrogens is 2. The van der Waals surface area contributed by atoms with E-state index in [0.29, 0.717) is 0 Å². The quantitative estimate of drug-likeness (QED) is 0.426. The molecule has 0 amide bonds. The number of aromatic nitrogens is 4. The monoisotopic (exact) mass is 308 g/mol. The van der Waals surface area contributed by atoms with E-state index >= 15 is 0 Å². The Morgan fingerprint density at radius 2 is 1.04 bits per heavy atom. The van der Waals surface area contributed by atoms with Gasteiger partial charge in [0, 0.05) is 22.1 Å². The van der Waals surface area contributed by atoms with E-state index in [9.17, 15) is 0 Å². The molecule has 24 heavy (non-hydrogen) atoms. The topological polar surface area (TPSA) is 57.4 Å². The molecule has 4 heteroatoms. The van der Waals surface area contributed by atoms with Crippen LogP contribution in [-0.2, 0) is 0 Å². The Hall–Kier alpha value is -3.58. The van der Waals surface area contributed by atoms with Crippen LogP contribution in [0.5, 0.6) is 0 Å². The summed E-state index contributed by atoms with van der Waals surface area (Å²) in [7, 11) is 0. The summed E-state index contributed by atoms with van der Waals surface area (Å²) < 4.78 is 0. The molecular formula is C20H12N4. The summed E-state index contributed by atoms with van der Waals surface area (Å²) in [6.07, 6.45) is 4.02. The highest BCUT2D eigenvalue weighted by Crippen LogP contribution is 2.15. The van der Waals surface area contributed by atoms with Crippen LogP contribution in [0.2, 0.25) is 0 Å². The van der Waals surface area contributed by atoms with Crippen molar-refractivity contribution >= 4 is 34.2 Å². The van der Waals surface area contributed by atoms with Crippen molar-refractivity contribution in [3.8, 4) is 11.8 Å². The average Bonchev–Trinajstić information content (AvgIpc) is 3.32. The maximum Gasteiger partial charge on any atom is 0.117 e. The van der Waals surface area contributed by atoms with Crippen LogP contribution in [0.3, 0.4) is 0 Å². The molecule has 0 aromatic carbocycles. The number of hydrogen-bond donors (Lipinski definition) is 2. The fourth-order valence-electron chi connectivity index (χ4n) is 2.81. The van der Waals surface area contributed by atoms with Gasteiger partial charge in [-0.15, -0.1) is 0 Å². The van der Waals surface area contributed by atoms with Crippen molar-refractivity contribution in [3.05, 3.63) is 71.3 Å². The third kappa shape index (κ3) is 2.38. The maximum atomic E-state index is 4.62. The van der Waals surface area contributed by atoms with Crippen LogP contribution < -0.4 is 0 Å². The normalized spacial score (nSPS) is 12.0. The Balaban J connectivity index is 1.86. The molecule has 0 spiro atoms. The second kappa shape index (κ2) is 4.97. The third-order valence-corrected chi connectivity index (χ3v) is 3.90. The molecule has 112 valence electrons. The smallest absolute Gasteiger partial charge is 0.117 e. The zero-order valence-corrected chi connectivity index (χ0v) is 12.7. The summed E-state index contributed by atoms with van der Waals surface area (Å²) in [5, 5.41) is 0. The van der Waals surface area contributed by atoms with Gasteiger partial charge in [0.1, 0.15) is 11.4 Å². The summed E-state index contributed by atoms with van der Waals surface area (Å²) in [5.41, 5.74) is 7.32. The van der Waals surface area contributed by atoms with Crippen LogP contribution in [0.15, 0.2) is 48.5 Å². The fourth-order valence-corrected chi connectivity index (χ4v) is 2.81. The Morgan fingerprint density at radius 3 is 1.54 bits per heavy atom. The molecule has 0 saturated carbocycles. The van der Waals surface area contributed by atoms with E-state index in [1.165, 1.54) is 0 Å². The Morgan fingerprint density at radius 1 is 0.583 bits per heavy atom. The first kappa shape index (κ1) is 12.9. The van der Waals surface area contributed by atoms with E-state index in [4.69, 9.17) is 0 Å². The fraction of sp³-hybridized carbons (Fsp3) is 0. The van der Waals surface area contributed by atoms with E-state index in [1.807, 2.05) is 60.7 Å². The molecule has 3 aromatic heterocycles. The van der Waals surface area contributed by atoms with Crippen LogP contribution in [0, 0.1) is 11.8 Å². The molecular weight excluding hydrogens is 296 g/mol. The largest absolute Gasteiger partial charge is 0.355 e. The lowest BCUT2D eigenvalue weighted by atomic mass is 10.3. The van der Waals surface area contributed by atoms with Gasteiger partial charge < -0.3 is 9.97 Å². The van der Waals surface area contributed by atoms with Crippen LogP contribution in [0.1, 0.15) is 22.8 Å². The lowest BCUT2D eigenvalue weighted by Crippen LogP contribution is -1.76. The second-order valence-corrected chi connectivity index (χ2v) is 5.74. The lowest BCUT2D eigenvalue weighted by molar-refractivity contribution is 1.30. The van der Waals surface area contributed by atoms with Gasteiger partial charge in [0.25, 0.3) is 0 Å². The minimum Gasteiger partial charge on any atom is -0.355 e. The summed E-state index contributed by atoms with van der Waals surface area (Å²) in [5.74, 6) is 6.12. The molecule has 0 fully saturated rings. The minimum atomic E-state index is 0.758. The molecule has 2 aliphatic rings. The SMILES string of the molecule is C1#Cc2cc3ccc(cc4nc(cc5ccc(cc1n2)[nH]5)C=C4)[nH]3. The molecule has 3 aromatic rings. The van der Waals surface area contributed by atoms with Crippen molar-refractivity contribution in [1.82, 2.24) is 19.9 Å². The van der Waals surface area contributed by atoms with Crippen molar-refractivity contribution in [1.29, 1.82) is 0 Å². The van der Waals surface area contributed by atoms with Gasteiger partial charge in [-0.05, 0) is 72.5 Å². The Bertz CT molecular complexity index is 1120. The predicted octanol–water partition coefficient (Wildman–Crippen LogP) is 3.89. The molecule has 5 heterocycles. The average molecular weight is 308 g/mol. The van der Waals surface area contributed by atoms with Gasteiger partial charge in [0.05, 0.1) is 11.4 Å². The van der Waals surface area contributed by atoms with Gasteiger partial charge in [0.15, 0.2) is 0 Å². The minimum absolute atomic E-state index is 0.758. The molecule has 4 nitrogen and oxygen atoms in total. The van der Waals surface area contributed by atoms with Crippen LogP contribution in [0.4, 0.5) is 0 Å². The third-order valence-electron chi connectivity index (χ3n) is 3.90. The van der Waals surface area contributed by atoms with Crippen molar-refractivity contribution in [2.45, 2.75) is 0 Å². The van der Waals surface area contributed by atoms with Crippen LogP contribution in [0.25, 0.3) is 34.2 Å². The first-order chi connectivity index (χ1) is 11.8. The zero-order valence-electron chi connectivity index (χ0n) is 12.7. The van der Waals surface area contributed by atoms with Crippen molar-refractivity contribution < 1.29 is 0 Å². The Kier molecular flexibility index (Phi) is 2.67.